The highest BCUT2D eigenvalue weighted by molar-refractivity contribution is 5.96. The molecule has 0 bridgehead atoms. The molecule has 3 aromatic rings. The third-order valence-electron chi connectivity index (χ3n) is 4.53. The first kappa shape index (κ1) is 18.0. The maximum Gasteiger partial charge on any atom is 0.252 e. The van der Waals surface area contributed by atoms with Gasteiger partial charge < -0.3 is 24.1 Å². The van der Waals surface area contributed by atoms with Crippen molar-refractivity contribution in [1.82, 2.24) is 15.5 Å². The van der Waals surface area contributed by atoms with E-state index in [-0.39, 0.29) is 12.5 Å². The Morgan fingerprint density at radius 3 is 2.82 bits per heavy atom. The van der Waals surface area contributed by atoms with Crippen LogP contribution in [0.3, 0.4) is 0 Å². The lowest BCUT2D eigenvalue weighted by atomic mass is 10.0. The lowest BCUT2D eigenvalue weighted by Gasteiger charge is -2.07. The molecule has 8 nitrogen and oxygen atoms in total. The number of hydrogen-bond acceptors (Lipinski definition) is 7. The molecule has 2 heterocycles. The van der Waals surface area contributed by atoms with E-state index in [0.29, 0.717) is 42.0 Å². The number of benzene rings is 2. The van der Waals surface area contributed by atoms with Crippen molar-refractivity contribution in [3.8, 4) is 22.9 Å². The molecule has 2 aromatic carbocycles. The van der Waals surface area contributed by atoms with Crippen molar-refractivity contribution in [3.63, 3.8) is 0 Å². The van der Waals surface area contributed by atoms with Gasteiger partial charge in [0.15, 0.2) is 11.5 Å². The molecule has 144 valence electrons. The second-order valence-electron chi connectivity index (χ2n) is 6.20. The zero-order chi connectivity index (χ0) is 19.5. The van der Waals surface area contributed by atoms with E-state index in [1.165, 1.54) is 0 Å². The first-order valence-electron chi connectivity index (χ1n) is 8.71. The Hall–Kier alpha value is -3.39. The molecule has 0 radical (unpaired) electrons. The van der Waals surface area contributed by atoms with Crippen LogP contribution in [0.15, 0.2) is 40.9 Å². The standard InChI is InChI=1S/C20H19N3O5/c1-25-16-7-6-12(8-17(16)26-2)19-22-18(28-23-19)9-21-20(24)14-5-3-4-13-10-27-11-15(13)14/h3-8H,9-11H2,1-2H3,(H,21,24). The molecule has 0 spiro atoms. The fraction of sp³-hybridized carbons (Fsp3) is 0.250. The molecule has 1 aliphatic heterocycles. The molecule has 0 atom stereocenters. The molecular formula is C20H19N3O5. The van der Waals surface area contributed by atoms with Crippen LogP contribution in [0.25, 0.3) is 11.4 Å². The number of carbonyl (C=O) groups is 1. The van der Waals surface area contributed by atoms with Crippen molar-refractivity contribution >= 4 is 5.91 Å². The highest BCUT2D eigenvalue weighted by atomic mass is 16.5. The van der Waals surface area contributed by atoms with Gasteiger partial charge in [0.05, 0.1) is 34.0 Å². The summed E-state index contributed by atoms with van der Waals surface area (Å²) in [7, 11) is 3.13. The molecule has 8 heteroatoms. The number of ether oxygens (including phenoxy) is 3. The minimum Gasteiger partial charge on any atom is -0.493 e. The quantitative estimate of drug-likeness (QED) is 0.701. The van der Waals surface area contributed by atoms with Gasteiger partial charge in [-0.2, -0.15) is 4.98 Å². The summed E-state index contributed by atoms with van der Waals surface area (Å²) in [4.78, 5) is 16.9. The van der Waals surface area contributed by atoms with Gasteiger partial charge in [0, 0.05) is 11.1 Å². The van der Waals surface area contributed by atoms with Crippen molar-refractivity contribution in [2.75, 3.05) is 14.2 Å². The van der Waals surface area contributed by atoms with E-state index < -0.39 is 0 Å². The van der Waals surface area contributed by atoms with E-state index in [1.807, 2.05) is 18.2 Å². The fourth-order valence-electron chi connectivity index (χ4n) is 3.09. The van der Waals surface area contributed by atoms with Crippen LogP contribution in [0.2, 0.25) is 0 Å². The van der Waals surface area contributed by atoms with Crippen LogP contribution in [0.1, 0.15) is 27.4 Å². The number of nitrogens with zero attached hydrogens (tertiary/aromatic N) is 2. The van der Waals surface area contributed by atoms with E-state index >= 15 is 0 Å². The van der Waals surface area contributed by atoms with Gasteiger partial charge in [-0.05, 0) is 35.4 Å². The van der Waals surface area contributed by atoms with Crippen LogP contribution in [-0.2, 0) is 24.5 Å². The first-order valence-corrected chi connectivity index (χ1v) is 8.71. The Bertz CT molecular complexity index is 1010. The lowest BCUT2D eigenvalue weighted by Crippen LogP contribution is -2.24. The number of hydrogen-bond donors (Lipinski definition) is 1. The van der Waals surface area contributed by atoms with E-state index in [1.54, 1.807) is 32.4 Å². The maximum absolute atomic E-state index is 12.5. The number of nitrogens with one attached hydrogen (secondary N) is 1. The third kappa shape index (κ3) is 3.41. The molecule has 1 aromatic heterocycles. The predicted molar refractivity (Wildman–Crippen MR) is 98.9 cm³/mol. The highest BCUT2D eigenvalue weighted by Crippen LogP contribution is 2.31. The molecule has 4 rings (SSSR count). The minimum absolute atomic E-state index is 0.129. The van der Waals surface area contributed by atoms with E-state index in [9.17, 15) is 4.79 Å². The van der Waals surface area contributed by atoms with Gasteiger partial charge in [-0.3, -0.25) is 4.79 Å². The van der Waals surface area contributed by atoms with Crippen molar-refractivity contribution in [2.45, 2.75) is 19.8 Å². The Morgan fingerprint density at radius 2 is 2.00 bits per heavy atom. The summed E-state index contributed by atoms with van der Waals surface area (Å²) in [5.74, 6) is 1.69. The number of amides is 1. The maximum atomic E-state index is 12.5. The summed E-state index contributed by atoms with van der Waals surface area (Å²) in [6.07, 6.45) is 0. The highest BCUT2D eigenvalue weighted by Gasteiger charge is 2.20. The zero-order valence-electron chi connectivity index (χ0n) is 15.5. The van der Waals surface area contributed by atoms with Gasteiger partial charge in [0.2, 0.25) is 11.7 Å². The second kappa shape index (κ2) is 7.69. The SMILES string of the molecule is COc1ccc(-c2noc(CNC(=O)c3cccc4c3COC4)n2)cc1OC. The molecule has 0 saturated carbocycles. The minimum atomic E-state index is -0.201. The largest absolute Gasteiger partial charge is 0.493 e. The smallest absolute Gasteiger partial charge is 0.252 e. The van der Waals surface area contributed by atoms with Crippen LogP contribution in [0.4, 0.5) is 0 Å². The van der Waals surface area contributed by atoms with Crippen LogP contribution in [0, 0.1) is 0 Å². The van der Waals surface area contributed by atoms with Gasteiger partial charge in [0.1, 0.15) is 0 Å². The Morgan fingerprint density at radius 1 is 1.14 bits per heavy atom. The van der Waals surface area contributed by atoms with Crippen LogP contribution in [0.5, 0.6) is 11.5 Å². The topological polar surface area (TPSA) is 95.7 Å². The van der Waals surface area contributed by atoms with Crippen molar-refractivity contribution in [2.24, 2.45) is 0 Å². The molecule has 0 unspecified atom stereocenters. The summed E-state index contributed by atoms with van der Waals surface area (Å²) in [5, 5.41) is 6.79. The van der Waals surface area contributed by atoms with E-state index in [2.05, 4.69) is 15.5 Å². The lowest BCUT2D eigenvalue weighted by molar-refractivity contribution is 0.0941. The Labute approximate surface area is 161 Å². The van der Waals surface area contributed by atoms with Gasteiger partial charge in [0.25, 0.3) is 5.91 Å². The number of aromatic nitrogens is 2. The summed E-state index contributed by atoms with van der Waals surface area (Å²) in [6.45, 7) is 1.11. The Kier molecular flexibility index (Phi) is 4.94. The average molecular weight is 381 g/mol. The van der Waals surface area contributed by atoms with E-state index in [0.717, 1.165) is 16.7 Å². The van der Waals surface area contributed by atoms with Crippen molar-refractivity contribution < 1.29 is 23.5 Å². The molecule has 1 N–H and O–H groups in total. The molecule has 0 fully saturated rings. The van der Waals surface area contributed by atoms with Gasteiger partial charge in [-0.15, -0.1) is 0 Å². The van der Waals surface area contributed by atoms with Gasteiger partial charge in [-0.25, -0.2) is 0 Å². The molecule has 0 saturated heterocycles. The van der Waals surface area contributed by atoms with Gasteiger partial charge in [-0.1, -0.05) is 17.3 Å². The molecule has 28 heavy (non-hydrogen) atoms. The summed E-state index contributed by atoms with van der Waals surface area (Å²) in [5.41, 5.74) is 3.30. The molecule has 1 amide bonds. The molecule has 0 aliphatic carbocycles. The number of methoxy groups -OCH3 is 2. The Balaban J connectivity index is 1.46. The predicted octanol–water partition coefficient (Wildman–Crippen LogP) is 2.71. The molecule has 1 aliphatic rings. The van der Waals surface area contributed by atoms with Gasteiger partial charge >= 0.3 is 0 Å². The first-order chi connectivity index (χ1) is 13.7. The summed E-state index contributed by atoms with van der Waals surface area (Å²) < 4.78 is 21.2. The van der Waals surface area contributed by atoms with Crippen molar-refractivity contribution in [3.05, 3.63) is 59.0 Å². The monoisotopic (exact) mass is 381 g/mol. The fourth-order valence-corrected chi connectivity index (χ4v) is 3.09. The van der Waals surface area contributed by atoms with E-state index in [4.69, 9.17) is 18.7 Å². The summed E-state index contributed by atoms with van der Waals surface area (Å²) >= 11 is 0. The van der Waals surface area contributed by atoms with Crippen molar-refractivity contribution in [1.29, 1.82) is 0 Å². The third-order valence-corrected chi connectivity index (χ3v) is 4.53. The summed E-state index contributed by atoms with van der Waals surface area (Å²) in [6, 6.07) is 10.9. The second-order valence-corrected chi connectivity index (χ2v) is 6.20. The van der Waals surface area contributed by atoms with Crippen LogP contribution >= 0.6 is 0 Å². The number of fused-ring (bicyclic) bond motifs is 1. The van der Waals surface area contributed by atoms with Crippen LogP contribution < -0.4 is 14.8 Å². The number of rotatable bonds is 6. The average Bonchev–Trinajstić information content (AvgIpc) is 3.40. The van der Waals surface area contributed by atoms with Crippen LogP contribution in [-0.4, -0.2) is 30.3 Å². The number of carbonyl (C=O) groups excluding carboxylic acids is 1. The normalized spacial score (nSPS) is 12.5. The zero-order valence-corrected chi connectivity index (χ0v) is 15.5. The molecular weight excluding hydrogens is 362 g/mol.